The van der Waals surface area contributed by atoms with Gasteiger partial charge in [0.15, 0.2) is 0 Å². The molecule has 0 N–H and O–H groups in total. The van der Waals surface area contributed by atoms with E-state index in [1.807, 2.05) is 46.1 Å². The van der Waals surface area contributed by atoms with Crippen LogP contribution >= 0.6 is 0 Å². The highest BCUT2D eigenvalue weighted by atomic mass is 28.3. The number of aromatic nitrogens is 7. The van der Waals surface area contributed by atoms with E-state index in [0.717, 1.165) is 53.8 Å². The zero-order valence-corrected chi connectivity index (χ0v) is 20.9. The first-order valence-electron chi connectivity index (χ1n) is 11.8. The molecule has 1 atom stereocenters. The lowest BCUT2D eigenvalue weighted by molar-refractivity contribution is 0.0786. The van der Waals surface area contributed by atoms with Gasteiger partial charge in [0.05, 0.1) is 42.2 Å². The van der Waals surface area contributed by atoms with Crippen LogP contribution in [0.1, 0.15) is 25.3 Å². The van der Waals surface area contributed by atoms with E-state index in [4.69, 9.17) is 9.72 Å². The Morgan fingerprint density at radius 3 is 2.76 bits per heavy atom. The van der Waals surface area contributed by atoms with Crippen LogP contribution < -0.4 is 0 Å². The van der Waals surface area contributed by atoms with Crippen LogP contribution in [-0.4, -0.2) is 48.6 Å². The molecule has 0 amide bonds. The molecule has 1 saturated carbocycles. The van der Waals surface area contributed by atoms with Gasteiger partial charge in [-0.05, 0) is 24.8 Å². The van der Waals surface area contributed by atoms with Gasteiger partial charge in [0, 0.05) is 51.1 Å². The van der Waals surface area contributed by atoms with Gasteiger partial charge >= 0.3 is 0 Å². The minimum absolute atomic E-state index is 0.124. The van der Waals surface area contributed by atoms with Crippen LogP contribution in [0.5, 0.6) is 0 Å². The summed E-state index contributed by atoms with van der Waals surface area (Å²) >= 11 is 0. The summed E-state index contributed by atoms with van der Waals surface area (Å²) in [6, 6.07) is 5.53. The zero-order valence-electron chi connectivity index (χ0n) is 19.9. The maximum absolute atomic E-state index is 9.25. The molecule has 176 valence electrons. The van der Waals surface area contributed by atoms with Gasteiger partial charge in [-0.15, -0.1) is 0 Å². The Morgan fingerprint density at radius 2 is 2.00 bits per heavy atom. The van der Waals surface area contributed by atoms with Crippen LogP contribution in [0, 0.1) is 17.2 Å². The number of hydrogen-bond acceptors (Lipinski definition) is 6. The highest BCUT2D eigenvalue weighted by molar-refractivity contribution is 6.76. The third kappa shape index (κ3) is 4.95. The van der Waals surface area contributed by atoms with Gasteiger partial charge in [0.25, 0.3) is 0 Å². The Balaban J connectivity index is 1.39. The fourth-order valence-corrected chi connectivity index (χ4v) is 4.82. The van der Waals surface area contributed by atoms with Gasteiger partial charge < -0.3 is 4.74 Å². The summed E-state index contributed by atoms with van der Waals surface area (Å²) in [6.07, 6.45) is 14.1. The summed E-state index contributed by atoms with van der Waals surface area (Å²) < 4.78 is 11.5. The molecule has 1 aliphatic carbocycles. The molecule has 1 fully saturated rings. The summed E-state index contributed by atoms with van der Waals surface area (Å²) in [5.41, 5.74) is 3.41. The lowest BCUT2D eigenvalue weighted by atomic mass is 10.1. The second-order valence-electron chi connectivity index (χ2n) is 10.2. The summed E-state index contributed by atoms with van der Waals surface area (Å²) in [5, 5.41) is 18.3. The SMILES string of the molecule is C[Si](C)(C)CCOCn1cc(-c2cc3nccn3c(-c3cnn(C(CC#N)C4CC4)c3)n2)cn1. The van der Waals surface area contributed by atoms with Crippen molar-refractivity contribution in [1.82, 2.24) is 33.9 Å². The molecule has 1 aliphatic rings. The van der Waals surface area contributed by atoms with Gasteiger partial charge in [0.2, 0.25) is 0 Å². The van der Waals surface area contributed by atoms with Crippen molar-refractivity contribution in [2.24, 2.45) is 5.92 Å². The molecule has 5 rings (SSSR count). The number of ether oxygens (including phenoxy) is 1. The predicted octanol–water partition coefficient (Wildman–Crippen LogP) is 4.63. The molecule has 0 bridgehead atoms. The van der Waals surface area contributed by atoms with Crippen molar-refractivity contribution < 1.29 is 4.74 Å². The van der Waals surface area contributed by atoms with E-state index in [-0.39, 0.29) is 6.04 Å². The van der Waals surface area contributed by atoms with Crippen molar-refractivity contribution in [2.45, 2.75) is 57.7 Å². The van der Waals surface area contributed by atoms with E-state index < -0.39 is 8.07 Å². The highest BCUT2D eigenvalue weighted by Crippen LogP contribution is 2.41. The third-order valence-corrected chi connectivity index (χ3v) is 7.91. The second-order valence-corrected chi connectivity index (χ2v) is 15.8. The number of imidazole rings is 1. The molecule has 0 radical (unpaired) electrons. The first-order valence-corrected chi connectivity index (χ1v) is 15.5. The van der Waals surface area contributed by atoms with Gasteiger partial charge in [0.1, 0.15) is 18.2 Å². The minimum atomic E-state index is -1.11. The molecule has 0 saturated heterocycles. The number of nitrogens with zero attached hydrogens (tertiary/aromatic N) is 8. The summed E-state index contributed by atoms with van der Waals surface area (Å²) in [6.45, 7) is 8.21. The molecule has 0 spiro atoms. The fraction of sp³-hybridized carbons (Fsp3) is 0.458. The first kappa shape index (κ1) is 22.5. The quantitative estimate of drug-likeness (QED) is 0.245. The molecule has 0 aromatic carbocycles. The third-order valence-electron chi connectivity index (χ3n) is 6.20. The monoisotopic (exact) mass is 474 g/mol. The molecule has 4 aromatic heterocycles. The minimum Gasteiger partial charge on any atom is -0.360 e. The van der Waals surface area contributed by atoms with E-state index in [0.29, 0.717) is 19.1 Å². The van der Waals surface area contributed by atoms with E-state index in [1.165, 1.54) is 0 Å². The smallest absolute Gasteiger partial charge is 0.149 e. The summed E-state index contributed by atoms with van der Waals surface area (Å²) in [7, 11) is -1.11. The average molecular weight is 475 g/mol. The van der Waals surface area contributed by atoms with Crippen molar-refractivity contribution in [3.63, 3.8) is 0 Å². The normalized spacial score (nSPS) is 15.0. The van der Waals surface area contributed by atoms with Crippen molar-refractivity contribution in [3.8, 4) is 28.7 Å². The van der Waals surface area contributed by atoms with Gasteiger partial charge in [-0.3, -0.25) is 9.08 Å². The van der Waals surface area contributed by atoms with E-state index in [9.17, 15) is 5.26 Å². The number of nitriles is 1. The molecule has 4 aromatic rings. The van der Waals surface area contributed by atoms with Crippen LogP contribution in [0.15, 0.2) is 43.2 Å². The fourth-order valence-electron chi connectivity index (χ4n) is 4.06. The largest absolute Gasteiger partial charge is 0.360 e. The lowest BCUT2D eigenvalue weighted by Gasteiger charge is -2.15. The average Bonchev–Trinajstić information content (AvgIpc) is 3.19. The van der Waals surface area contributed by atoms with Crippen LogP contribution in [0.3, 0.4) is 0 Å². The molecule has 10 heteroatoms. The van der Waals surface area contributed by atoms with Crippen LogP contribution in [0.2, 0.25) is 25.7 Å². The summed E-state index contributed by atoms with van der Waals surface area (Å²) in [5.74, 6) is 1.31. The Bertz CT molecular complexity index is 1320. The topological polar surface area (TPSA) is 98.8 Å². The molecule has 0 aliphatic heterocycles. The van der Waals surface area contributed by atoms with E-state index in [1.54, 1.807) is 10.9 Å². The van der Waals surface area contributed by atoms with Gasteiger partial charge in [-0.1, -0.05) is 19.6 Å². The van der Waals surface area contributed by atoms with Crippen molar-refractivity contribution >= 4 is 13.7 Å². The summed E-state index contributed by atoms with van der Waals surface area (Å²) in [4.78, 5) is 9.45. The Labute approximate surface area is 200 Å². The molecule has 4 heterocycles. The van der Waals surface area contributed by atoms with Gasteiger partial charge in [-0.2, -0.15) is 15.5 Å². The predicted molar refractivity (Wildman–Crippen MR) is 132 cm³/mol. The first-order chi connectivity index (χ1) is 16.4. The molecular formula is C24H30N8OSi. The Kier molecular flexibility index (Phi) is 6.06. The number of hydrogen-bond donors (Lipinski definition) is 0. The number of fused-ring (bicyclic) bond motifs is 1. The molecule has 9 nitrogen and oxygen atoms in total. The van der Waals surface area contributed by atoms with Crippen LogP contribution in [0.25, 0.3) is 28.3 Å². The van der Waals surface area contributed by atoms with Crippen molar-refractivity contribution in [3.05, 3.63) is 43.2 Å². The van der Waals surface area contributed by atoms with Crippen molar-refractivity contribution in [2.75, 3.05) is 6.61 Å². The molecule has 1 unspecified atom stereocenters. The van der Waals surface area contributed by atoms with Crippen LogP contribution in [-0.2, 0) is 11.5 Å². The standard InChI is InChI=1S/C24H30N8OSi/c1-34(2,3)11-10-33-17-30-15-19(13-27-30)21-12-23-26-8-9-31(23)24(29-21)20-14-28-32(16-20)22(6-7-25)18-4-5-18/h8-9,12-16,18,22H,4-6,10-11,17H2,1-3H3. The van der Waals surface area contributed by atoms with Crippen LogP contribution in [0.4, 0.5) is 0 Å². The molecule has 34 heavy (non-hydrogen) atoms. The Hall–Kier alpha value is -3.29. The maximum atomic E-state index is 9.25. The number of rotatable bonds is 10. The van der Waals surface area contributed by atoms with E-state index >= 15 is 0 Å². The van der Waals surface area contributed by atoms with Gasteiger partial charge in [-0.25, -0.2) is 14.6 Å². The second kappa shape index (κ2) is 9.16. The highest BCUT2D eigenvalue weighted by Gasteiger charge is 2.33. The lowest BCUT2D eigenvalue weighted by Crippen LogP contribution is -2.22. The van der Waals surface area contributed by atoms with E-state index in [2.05, 4.69) is 40.9 Å². The maximum Gasteiger partial charge on any atom is 0.149 e. The molecular weight excluding hydrogens is 444 g/mol. The zero-order chi connectivity index (χ0) is 23.7. The van der Waals surface area contributed by atoms with Crippen molar-refractivity contribution in [1.29, 1.82) is 5.26 Å². The Morgan fingerprint density at radius 1 is 1.18 bits per heavy atom.